The lowest BCUT2D eigenvalue weighted by atomic mass is 9.83. The molecule has 1 aromatic heterocycles. The van der Waals surface area contributed by atoms with E-state index >= 15 is 0 Å². The van der Waals surface area contributed by atoms with E-state index in [0.29, 0.717) is 0 Å². The van der Waals surface area contributed by atoms with Gasteiger partial charge in [0.2, 0.25) is 5.91 Å². The van der Waals surface area contributed by atoms with Crippen molar-refractivity contribution in [2.45, 2.75) is 44.2 Å². The van der Waals surface area contributed by atoms with E-state index in [0.717, 1.165) is 62.1 Å². The van der Waals surface area contributed by atoms with Crippen LogP contribution in [0.15, 0.2) is 30.3 Å². The van der Waals surface area contributed by atoms with Crippen molar-refractivity contribution < 1.29 is 9.53 Å². The molecular weight excluding hydrogens is 376 g/mol. The number of methoxy groups -OCH3 is 1. The highest BCUT2D eigenvalue weighted by Gasteiger charge is 2.35. The van der Waals surface area contributed by atoms with Gasteiger partial charge in [0, 0.05) is 55.4 Å². The Morgan fingerprint density at radius 3 is 2.71 bits per heavy atom. The number of halogens is 1. The Kier molecular flexibility index (Phi) is 6.75. The summed E-state index contributed by atoms with van der Waals surface area (Å²) in [7, 11) is 1.69. The highest BCUT2D eigenvalue weighted by molar-refractivity contribution is 5.85. The fraction of sp³-hybridized carbons (Fsp3) is 0.524. The summed E-state index contributed by atoms with van der Waals surface area (Å²) in [5.41, 5.74) is 10.7. The summed E-state index contributed by atoms with van der Waals surface area (Å²) >= 11 is 0. The van der Waals surface area contributed by atoms with Crippen LogP contribution in [0, 0.1) is 5.92 Å². The van der Waals surface area contributed by atoms with E-state index in [4.69, 9.17) is 10.5 Å². The fourth-order valence-corrected chi connectivity index (χ4v) is 4.44. The first-order valence-corrected chi connectivity index (χ1v) is 9.86. The van der Waals surface area contributed by atoms with Crippen molar-refractivity contribution in [2.24, 2.45) is 11.7 Å². The number of aromatic nitrogens is 2. The molecule has 1 aliphatic heterocycles. The third kappa shape index (κ3) is 4.09. The smallest absolute Gasteiger partial charge is 0.225 e. The molecular formula is C21H29ClN4O2. The van der Waals surface area contributed by atoms with Crippen LogP contribution in [0.5, 0.6) is 0 Å². The molecule has 0 saturated heterocycles. The number of fused-ring (bicyclic) bond motifs is 1. The minimum atomic E-state index is -0.0127. The highest BCUT2D eigenvalue weighted by atomic mass is 35.5. The van der Waals surface area contributed by atoms with Crippen LogP contribution in [0.4, 0.5) is 0 Å². The van der Waals surface area contributed by atoms with Gasteiger partial charge < -0.3 is 15.4 Å². The number of carbonyl (C=O) groups is 1. The molecule has 0 spiro atoms. The maximum absolute atomic E-state index is 13.1. The molecule has 0 radical (unpaired) electrons. The quantitative estimate of drug-likeness (QED) is 0.823. The molecule has 0 unspecified atom stereocenters. The minimum absolute atomic E-state index is 0. The first-order chi connectivity index (χ1) is 13.2. The molecule has 2 aliphatic rings. The Morgan fingerprint density at radius 1 is 1.21 bits per heavy atom. The van der Waals surface area contributed by atoms with Crippen molar-refractivity contribution in [3.63, 3.8) is 0 Å². The highest BCUT2D eigenvalue weighted by Crippen LogP contribution is 2.30. The lowest BCUT2D eigenvalue weighted by Crippen LogP contribution is -2.47. The van der Waals surface area contributed by atoms with Crippen molar-refractivity contribution >= 4 is 18.3 Å². The first kappa shape index (κ1) is 20.8. The van der Waals surface area contributed by atoms with Crippen LogP contribution in [0.3, 0.4) is 0 Å². The van der Waals surface area contributed by atoms with Crippen LogP contribution in [0.2, 0.25) is 0 Å². The van der Waals surface area contributed by atoms with Crippen molar-refractivity contribution in [1.82, 2.24) is 15.1 Å². The Morgan fingerprint density at radius 2 is 1.96 bits per heavy atom. The molecule has 1 aromatic carbocycles. The molecule has 0 bridgehead atoms. The third-order valence-electron chi connectivity index (χ3n) is 6.07. The van der Waals surface area contributed by atoms with Crippen molar-refractivity contribution in [1.29, 1.82) is 0 Å². The Balaban J connectivity index is 0.00000225. The molecule has 2 aromatic rings. The van der Waals surface area contributed by atoms with Gasteiger partial charge in [0.15, 0.2) is 0 Å². The molecule has 152 valence electrons. The standard InChI is InChI=1S/C21H28N4O2.ClH/c1-27-19-13-15(7-8-17(19)22)21(26)25-11-9-16-18(10-12-25)23-24-20(16)14-5-3-2-4-6-14;/h2-6,15,17,19H,7-13,22H2,1H3,(H,23,24);1H/t15-,17+,19+;/m0./s1. The summed E-state index contributed by atoms with van der Waals surface area (Å²) in [6.45, 7) is 1.48. The summed E-state index contributed by atoms with van der Waals surface area (Å²) in [5, 5.41) is 7.74. The molecule has 7 heteroatoms. The van der Waals surface area contributed by atoms with Crippen molar-refractivity contribution in [3.05, 3.63) is 41.6 Å². The summed E-state index contributed by atoms with van der Waals surface area (Å²) in [5.74, 6) is 0.279. The number of benzene rings is 1. The van der Waals surface area contributed by atoms with E-state index in [1.165, 1.54) is 5.56 Å². The fourth-order valence-electron chi connectivity index (χ4n) is 4.44. The van der Waals surface area contributed by atoms with E-state index in [-0.39, 0.29) is 36.4 Å². The Hall–Kier alpha value is -1.89. The number of nitrogens with two attached hydrogens (primary N) is 1. The number of rotatable bonds is 3. The third-order valence-corrected chi connectivity index (χ3v) is 6.07. The second-order valence-electron chi connectivity index (χ2n) is 7.67. The number of nitrogens with one attached hydrogen (secondary N) is 1. The Labute approximate surface area is 172 Å². The summed E-state index contributed by atoms with van der Waals surface area (Å²) in [6, 6.07) is 10.3. The number of amides is 1. The van der Waals surface area contributed by atoms with Gasteiger partial charge >= 0.3 is 0 Å². The number of carbonyl (C=O) groups excluding carboxylic acids is 1. The van der Waals surface area contributed by atoms with Gasteiger partial charge in [-0.05, 0) is 25.7 Å². The average Bonchev–Trinajstić information content (AvgIpc) is 3.00. The van der Waals surface area contributed by atoms with E-state index in [9.17, 15) is 4.79 Å². The average molecular weight is 405 g/mol. The number of ether oxygens (including phenoxy) is 1. The molecule has 1 aliphatic carbocycles. The van der Waals surface area contributed by atoms with Gasteiger partial charge in [0.1, 0.15) is 0 Å². The predicted octanol–water partition coefficient (Wildman–Crippen LogP) is 2.57. The summed E-state index contributed by atoms with van der Waals surface area (Å²) in [6.07, 6.45) is 4.08. The van der Waals surface area contributed by atoms with E-state index in [2.05, 4.69) is 22.3 Å². The Bertz CT molecular complexity index is 795. The normalized spacial score (nSPS) is 24.8. The SMILES string of the molecule is CO[C@@H]1C[C@@H](C(=O)N2CCc3[nH]nc(-c4ccccc4)c3CC2)CC[C@H]1N.Cl. The zero-order valence-electron chi connectivity index (χ0n) is 16.3. The van der Waals surface area contributed by atoms with Crippen LogP contribution in [0.25, 0.3) is 11.3 Å². The molecule has 3 N–H and O–H groups in total. The molecule has 28 heavy (non-hydrogen) atoms. The van der Waals surface area contributed by atoms with Gasteiger partial charge in [-0.15, -0.1) is 12.4 Å². The lowest BCUT2D eigenvalue weighted by Gasteiger charge is -2.35. The monoisotopic (exact) mass is 404 g/mol. The summed E-state index contributed by atoms with van der Waals surface area (Å²) < 4.78 is 5.49. The van der Waals surface area contributed by atoms with Gasteiger partial charge in [0.25, 0.3) is 0 Å². The van der Waals surface area contributed by atoms with Gasteiger partial charge in [-0.2, -0.15) is 5.10 Å². The lowest BCUT2D eigenvalue weighted by molar-refractivity contribution is -0.138. The predicted molar refractivity (Wildman–Crippen MR) is 111 cm³/mol. The van der Waals surface area contributed by atoms with Crippen LogP contribution in [-0.2, 0) is 22.4 Å². The zero-order valence-corrected chi connectivity index (χ0v) is 17.1. The van der Waals surface area contributed by atoms with Crippen molar-refractivity contribution in [3.8, 4) is 11.3 Å². The van der Waals surface area contributed by atoms with Crippen LogP contribution in [0.1, 0.15) is 30.5 Å². The van der Waals surface area contributed by atoms with E-state index < -0.39 is 0 Å². The molecule has 1 amide bonds. The minimum Gasteiger partial charge on any atom is -0.380 e. The second kappa shape index (κ2) is 9.07. The molecule has 1 saturated carbocycles. The molecule has 1 fully saturated rings. The van der Waals surface area contributed by atoms with Gasteiger partial charge in [-0.3, -0.25) is 9.89 Å². The molecule has 3 atom stereocenters. The van der Waals surface area contributed by atoms with Crippen molar-refractivity contribution in [2.75, 3.05) is 20.2 Å². The second-order valence-corrected chi connectivity index (χ2v) is 7.67. The maximum Gasteiger partial charge on any atom is 0.225 e. The maximum atomic E-state index is 13.1. The van der Waals surface area contributed by atoms with E-state index in [1.54, 1.807) is 7.11 Å². The van der Waals surface area contributed by atoms with Gasteiger partial charge in [-0.25, -0.2) is 0 Å². The van der Waals surface area contributed by atoms with Gasteiger partial charge in [0.05, 0.1) is 11.8 Å². The number of H-pyrrole nitrogens is 1. The topological polar surface area (TPSA) is 84.2 Å². The first-order valence-electron chi connectivity index (χ1n) is 9.86. The number of aromatic amines is 1. The zero-order chi connectivity index (χ0) is 18.8. The number of hydrogen-bond donors (Lipinski definition) is 2. The van der Waals surface area contributed by atoms with Crippen LogP contribution in [-0.4, -0.2) is 53.3 Å². The van der Waals surface area contributed by atoms with Crippen LogP contribution < -0.4 is 5.73 Å². The van der Waals surface area contributed by atoms with Gasteiger partial charge in [-0.1, -0.05) is 30.3 Å². The number of hydrogen-bond acceptors (Lipinski definition) is 4. The summed E-state index contributed by atoms with van der Waals surface area (Å²) in [4.78, 5) is 15.1. The largest absolute Gasteiger partial charge is 0.380 e. The molecule has 4 rings (SSSR count). The molecule has 6 nitrogen and oxygen atoms in total. The van der Waals surface area contributed by atoms with Crippen LogP contribution >= 0.6 is 12.4 Å². The van der Waals surface area contributed by atoms with E-state index in [1.807, 2.05) is 23.1 Å². The number of nitrogens with zero attached hydrogens (tertiary/aromatic N) is 2. The molecule has 2 heterocycles.